The summed E-state index contributed by atoms with van der Waals surface area (Å²) in [6.45, 7) is 3.94. The Kier molecular flexibility index (Phi) is 4.59. The average Bonchev–Trinajstić information content (AvgIpc) is 2.19. The van der Waals surface area contributed by atoms with Gasteiger partial charge in [0.15, 0.2) is 0 Å². The van der Waals surface area contributed by atoms with Crippen molar-refractivity contribution in [2.45, 2.75) is 37.9 Å². The van der Waals surface area contributed by atoms with E-state index in [-0.39, 0.29) is 5.82 Å². The third-order valence-corrected chi connectivity index (χ3v) is 3.53. The lowest BCUT2D eigenvalue weighted by molar-refractivity contribution is 0.614. The third kappa shape index (κ3) is 3.41. The van der Waals surface area contributed by atoms with Crippen LogP contribution in [0.1, 0.15) is 30.9 Å². The van der Waals surface area contributed by atoms with Crippen LogP contribution < -0.4 is 0 Å². The number of benzene rings is 1. The van der Waals surface area contributed by atoms with Crippen molar-refractivity contribution in [3.05, 3.63) is 35.1 Å². The minimum atomic E-state index is -0.0925. The Balaban J connectivity index is 2.55. The maximum Gasteiger partial charge on any atom is 0.126 e. The molecular weight excluding hydrogens is 243 g/mol. The summed E-state index contributed by atoms with van der Waals surface area (Å²) in [6.07, 6.45) is 3.13. The van der Waals surface area contributed by atoms with Gasteiger partial charge in [-0.2, -0.15) is 0 Å². The van der Waals surface area contributed by atoms with Gasteiger partial charge in [-0.25, -0.2) is 4.39 Å². The van der Waals surface area contributed by atoms with Gasteiger partial charge < -0.3 is 0 Å². The summed E-state index contributed by atoms with van der Waals surface area (Å²) in [5.74, 6) is -0.0925. The lowest BCUT2D eigenvalue weighted by Gasteiger charge is -2.07. The first-order chi connectivity index (χ1) is 6.63. The highest BCUT2D eigenvalue weighted by molar-refractivity contribution is 9.09. The molecule has 0 aromatic heterocycles. The van der Waals surface area contributed by atoms with Crippen molar-refractivity contribution in [1.29, 1.82) is 0 Å². The molecule has 1 unspecified atom stereocenters. The van der Waals surface area contributed by atoms with Crippen LogP contribution in [-0.2, 0) is 6.42 Å². The van der Waals surface area contributed by atoms with Crippen LogP contribution in [0.2, 0.25) is 0 Å². The number of halogens is 2. The van der Waals surface area contributed by atoms with Crippen LogP contribution in [0.3, 0.4) is 0 Å². The van der Waals surface area contributed by atoms with Crippen molar-refractivity contribution in [2.75, 3.05) is 0 Å². The smallest absolute Gasteiger partial charge is 0.126 e. The fourth-order valence-corrected chi connectivity index (χ4v) is 1.55. The minimum absolute atomic E-state index is 0.0925. The van der Waals surface area contributed by atoms with Gasteiger partial charge in [0.1, 0.15) is 5.82 Å². The molecule has 0 bridgehead atoms. The molecule has 0 N–H and O–H groups in total. The molecule has 1 aromatic carbocycles. The maximum atomic E-state index is 13.2. The largest absolute Gasteiger partial charge is 0.207 e. The van der Waals surface area contributed by atoms with Gasteiger partial charge in [-0.1, -0.05) is 35.0 Å². The van der Waals surface area contributed by atoms with Gasteiger partial charge in [0, 0.05) is 4.83 Å². The van der Waals surface area contributed by atoms with Crippen LogP contribution in [0, 0.1) is 12.7 Å². The molecule has 0 aliphatic rings. The first-order valence-electron chi connectivity index (χ1n) is 5.02. The van der Waals surface area contributed by atoms with Crippen molar-refractivity contribution in [3.63, 3.8) is 0 Å². The number of alkyl halides is 1. The highest BCUT2D eigenvalue weighted by Gasteiger charge is 2.03. The van der Waals surface area contributed by atoms with E-state index >= 15 is 0 Å². The van der Waals surface area contributed by atoms with E-state index in [0.717, 1.165) is 30.4 Å². The van der Waals surface area contributed by atoms with Gasteiger partial charge in [0.25, 0.3) is 0 Å². The van der Waals surface area contributed by atoms with Crippen LogP contribution >= 0.6 is 15.9 Å². The molecule has 0 aliphatic carbocycles. The van der Waals surface area contributed by atoms with E-state index in [1.165, 1.54) is 0 Å². The quantitative estimate of drug-likeness (QED) is 0.709. The molecule has 0 aliphatic heterocycles. The van der Waals surface area contributed by atoms with Gasteiger partial charge in [0.05, 0.1) is 0 Å². The van der Waals surface area contributed by atoms with E-state index in [4.69, 9.17) is 0 Å². The lowest BCUT2D eigenvalue weighted by atomic mass is 10.1. The molecule has 1 aromatic rings. The molecule has 0 heterocycles. The van der Waals surface area contributed by atoms with Gasteiger partial charge in [-0.3, -0.25) is 0 Å². The van der Waals surface area contributed by atoms with Crippen LogP contribution in [-0.4, -0.2) is 4.83 Å². The monoisotopic (exact) mass is 258 g/mol. The summed E-state index contributed by atoms with van der Waals surface area (Å²) in [5, 5.41) is 0. The lowest BCUT2D eigenvalue weighted by Crippen LogP contribution is -1.98. The highest BCUT2D eigenvalue weighted by atomic mass is 79.9. The summed E-state index contributed by atoms with van der Waals surface area (Å²) in [7, 11) is 0. The Labute approximate surface area is 93.7 Å². The minimum Gasteiger partial charge on any atom is -0.207 e. The molecule has 0 amide bonds. The number of hydrogen-bond donors (Lipinski definition) is 0. The zero-order valence-corrected chi connectivity index (χ0v) is 10.3. The van der Waals surface area contributed by atoms with Crippen LogP contribution in [0.15, 0.2) is 18.2 Å². The molecule has 1 rings (SSSR count). The van der Waals surface area contributed by atoms with Crippen molar-refractivity contribution >= 4 is 15.9 Å². The fourth-order valence-electron chi connectivity index (χ4n) is 1.32. The second kappa shape index (κ2) is 5.50. The number of hydrogen-bond acceptors (Lipinski definition) is 0. The predicted molar refractivity (Wildman–Crippen MR) is 62.5 cm³/mol. The van der Waals surface area contributed by atoms with Gasteiger partial charge in [-0.05, 0) is 43.4 Å². The molecule has 0 radical (unpaired) electrons. The zero-order valence-electron chi connectivity index (χ0n) is 8.69. The van der Waals surface area contributed by atoms with E-state index < -0.39 is 0 Å². The van der Waals surface area contributed by atoms with Gasteiger partial charge in [0.2, 0.25) is 0 Å². The molecule has 0 saturated heterocycles. The maximum absolute atomic E-state index is 13.2. The number of aryl methyl sites for hydroxylation is 2. The van der Waals surface area contributed by atoms with E-state index in [2.05, 4.69) is 22.9 Å². The Bertz CT molecular complexity index is 296. The first kappa shape index (κ1) is 11.7. The topological polar surface area (TPSA) is 0 Å². The van der Waals surface area contributed by atoms with E-state index in [1.54, 1.807) is 13.0 Å². The van der Waals surface area contributed by atoms with E-state index in [9.17, 15) is 4.39 Å². The zero-order chi connectivity index (χ0) is 10.6. The summed E-state index contributed by atoms with van der Waals surface area (Å²) < 4.78 is 13.2. The van der Waals surface area contributed by atoms with Crippen molar-refractivity contribution in [1.82, 2.24) is 0 Å². The second-order valence-corrected chi connectivity index (χ2v) is 4.92. The van der Waals surface area contributed by atoms with Crippen molar-refractivity contribution in [2.24, 2.45) is 0 Å². The Hall–Kier alpha value is -0.370. The van der Waals surface area contributed by atoms with Gasteiger partial charge >= 0.3 is 0 Å². The SMILES string of the molecule is CCC(Br)CCc1ccc(C)c(F)c1. The molecule has 2 heteroatoms. The molecule has 0 fully saturated rings. The summed E-state index contributed by atoms with van der Waals surface area (Å²) in [4.78, 5) is 0.548. The molecule has 0 nitrogen and oxygen atoms in total. The van der Waals surface area contributed by atoms with Crippen LogP contribution in [0.25, 0.3) is 0 Å². The van der Waals surface area contributed by atoms with Crippen molar-refractivity contribution < 1.29 is 4.39 Å². The molecule has 78 valence electrons. The van der Waals surface area contributed by atoms with Gasteiger partial charge in [-0.15, -0.1) is 0 Å². The molecule has 1 atom stereocenters. The summed E-state index contributed by atoms with van der Waals surface area (Å²) in [6, 6.07) is 5.50. The predicted octanol–water partition coefficient (Wildman–Crippen LogP) is 4.24. The highest BCUT2D eigenvalue weighted by Crippen LogP contribution is 2.15. The summed E-state index contributed by atoms with van der Waals surface area (Å²) in [5.41, 5.74) is 1.81. The Morgan fingerprint density at radius 1 is 1.43 bits per heavy atom. The number of rotatable bonds is 4. The average molecular weight is 259 g/mol. The van der Waals surface area contributed by atoms with Crippen molar-refractivity contribution in [3.8, 4) is 0 Å². The van der Waals surface area contributed by atoms with E-state index in [1.807, 2.05) is 12.1 Å². The van der Waals surface area contributed by atoms with Crippen LogP contribution in [0.5, 0.6) is 0 Å². The normalized spacial score (nSPS) is 12.9. The Morgan fingerprint density at radius 2 is 2.14 bits per heavy atom. The Morgan fingerprint density at radius 3 is 2.71 bits per heavy atom. The summed E-state index contributed by atoms with van der Waals surface area (Å²) >= 11 is 3.57. The first-order valence-corrected chi connectivity index (χ1v) is 5.94. The second-order valence-electron chi connectivity index (χ2n) is 3.63. The fraction of sp³-hybridized carbons (Fsp3) is 0.500. The molecule has 0 saturated carbocycles. The molecule has 0 spiro atoms. The third-order valence-electron chi connectivity index (χ3n) is 2.43. The van der Waals surface area contributed by atoms with Crippen LogP contribution in [0.4, 0.5) is 4.39 Å². The van der Waals surface area contributed by atoms with E-state index in [0.29, 0.717) is 4.83 Å². The molecular formula is C12H16BrF. The molecule has 14 heavy (non-hydrogen) atoms. The standard InChI is InChI=1S/C12H16BrF/c1-3-11(13)7-6-10-5-4-9(2)12(14)8-10/h4-5,8,11H,3,6-7H2,1-2H3.